The number of carbonyl (C=O) groups is 1. The first-order valence-electron chi connectivity index (χ1n) is 10.8. The van der Waals surface area contributed by atoms with Gasteiger partial charge in [0.2, 0.25) is 0 Å². The van der Waals surface area contributed by atoms with Crippen LogP contribution in [0.4, 0.5) is 0 Å². The molecule has 5 unspecified atom stereocenters. The van der Waals surface area contributed by atoms with Crippen LogP contribution in [-0.4, -0.2) is 10.8 Å². The number of hydrogen-bond acceptors (Lipinski definition) is 2. The zero-order valence-electron chi connectivity index (χ0n) is 16.8. The molecule has 4 aliphatic carbocycles. The number of pyridine rings is 1. The smallest absolute Gasteiger partial charge is 0.178 e. The zero-order chi connectivity index (χ0) is 18.8. The average Bonchev–Trinajstić information content (AvgIpc) is 3.01. The predicted molar refractivity (Wildman–Crippen MR) is 108 cm³/mol. The lowest BCUT2D eigenvalue weighted by Gasteiger charge is -2.58. The number of ketones is 1. The summed E-state index contributed by atoms with van der Waals surface area (Å²) < 4.78 is 0. The van der Waals surface area contributed by atoms with E-state index in [1.807, 2.05) is 18.3 Å². The molecule has 0 bridgehead atoms. The van der Waals surface area contributed by atoms with Crippen LogP contribution in [-0.2, 0) is 4.79 Å². The van der Waals surface area contributed by atoms with E-state index in [9.17, 15) is 4.79 Å². The summed E-state index contributed by atoms with van der Waals surface area (Å²) in [5.74, 6) is 3.63. The van der Waals surface area contributed by atoms with Gasteiger partial charge in [-0.2, -0.15) is 0 Å². The topological polar surface area (TPSA) is 30.0 Å². The Labute approximate surface area is 163 Å². The van der Waals surface area contributed by atoms with E-state index < -0.39 is 0 Å². The van der Waals surface area contributed by atoms with E-state index in [0.717, 1.165) is 11.8 Å². The van der Waals surface area contributed by atoms with Gasteiger partial charge in [0.05, 0.1) is 0 Å². The molecule has 2 heteroatoms. The molecule has 3 saturated carbocycles. The molecule has 0 spiro atoms. The van der Waals surface area contributed by atoms with Crippen molar-refractivity contribution in [1.29, 1.82) is 0 Å². The molecule has 1 aromatic heterocycles. The Morgan fingerprint density at radius 1 is 1.15 bits per heavy atom. The van der Waals surface area contributed by atoms with Gasteiger partial charge in [-0.1, -0.05) is 38.5 Å². The van der Waals surface area contributed by atoms with Gasteiger partial charge < -0.3 is 0 Å². The van der Waals surface area contributed by atoms with Gasteiger partial charge in [-0.3, -0.25) is 9.78 Å². The molecule has 4 aliphatic rings. The van der Waals surface area contributed by atoms with Gasteiger partial charge in [0, 0.05) is 17.8 Å². The quantitative estimate of drug-likeness (QED) is 0.640. The van der Waals surface area contributed by atoms with Crippen LogP contribution in [0.15, 0.2) is 48.3 Å². The second-order valence-electron chi connectivity index (χ2n) is 10.1. The van der Waals surface area contributed by atoms with Gasteiger partial charge in [0.25, 0.3) is 0 Å². The van der Waals surface area contributed by atoms with Gasteiger partial charge in [-0.25, -0.2) is 0 Å². The Morgan fingerprint density at radius 3 is 2.78 bits per heavy atom. The first kappa shape index (κ1) is 17.4. The third kappa shape index (κ3) is 2.38. The molecule has 0 aromatic carbocycles. The monoisotopic (exact) mass is 361 g/mol. The number of hydrogen-bond donors (Lipinski definition) is 0. The van der Waals surface area contributed by atoms with Crippen LogP contribution in [0, 0.1) is 34.5 Å². The molecular weight excluding hydrogens is 330 g/mol. The van der Waals surface area contributed by atoms with E-state index in [4.69, 9.17) is 0 Å². The summed E-state index contributed by atoms with van der Waals surface area (Å²) in [4.78, 5) is 16.4. The molecule has 1 heterocycles. The molecule has 0 aliphatic heterocycles. The fraction of sp³-hybridized carbons (Fsp3) is 0.600. The van der Waals surface area contributed by atoms with Crippen molar-refractivity contribution in [2.24, 2.45) is 34.5 Å². The third-order valence-electron chi connectivity index (χ3n) is 8.96. The highest BCUT2D eigenvalue weighted by molar-refractivity contribution is 6.01. The highest BCUT2D eigenvalue weighted by Gasteiger charge is 2.59. The van der Waals surface area contributed by atoms with Crippen LogP contribution in [0.2, 0.25) is 0 Å². The normalized spacial score (nSPS) is 45.7. The van der Waals surface area contributed by atoms with Gasteiger partial charge in [0.15, 0.2) is 5.78 Å². The Kier molecular flexibility index (Phi) is 3.80. The number of aromatic nitrogens is 1. The summed E-state index contributed by atoms with van der Waals surface area (Å²) >= 11 is 0. The predicted octanol–water partition coefficient (Wildman–Crippen LogP) is 5.72. The SMILES string of the molecule is CC1CC2C3CCC(c4cccnc4)[C@@]3(C)CCC2[C@@]2(C)C=CC(=O)C=C12. The van der Waals surface area contributed by atoms with Crippen molar-refractivity contribution in [2.75, 3.05) is 0 Å². The van der Waals surface area contributed by atoms with Crippen molar-refractivity contribution in [1.82, 2.24) is 4.98 Å². The number of fused-ring (bicyclic) bond motifs is 5. The first-order chi connectivity index (χ1) is 12.9. The van der Waals surface area contributed by atoms with E-state index in [1.54, 1.807) is 0 Å². The Hall–Kier alpha value is -1.70. The minimum Gasteiger partial charge on any atom is -0.290 e. The molecule has 0 N–H and O–H groups in total. The van der Waals surface area contributed by atoms with Crippen LogP contribution >= 0.6 is 0 Å². The molecule has 0 radical (unpaired) electrons. The van der Waals surface area contributed by atoms with Gasteiger partial charge >= 0.3 is 0 Å². The number of carbonyl (C=O) groups excluding carboxylic acids is 1. The zero-order valence-corrected chi connectivity index (χ0v) is 16.8. The van der Waals surface area contributed by atoms with E-state index >= 15 is 0 Å². The summed E-state index contributed by atoms with van der Waals surface area (Å²) in [5.41, 5.74) is 3.33. The maximum absolute atomic E-state index is 12.0. The minimum absolute atomic E-state index is 0.0873. The van der Waals surface area contributed by atoms with E-state index in [1.165, 1.54) is 43.2 Å². The second-order valence-corrected chi connectivity index (χ2v) is 10.1. The standard InChI is InChI=1S/C25H31NO/c1-16-13-19-21-7-6-20(17-5-4-12-26-15-17)24(21,2)11-9-22(19)25(3)10-8-18(27)14-23(16)25/h4-5,8,10,12,14-16,19-22H,6-7,9,11,13H2,1-3H3/t16?,19?,20?,21?,22?,24-,25-/m1/s1. The molecule has 3 fully saturated rings. The summed E-state index contributed by atoms with van der Waals surface area (Å²) in [6.45, 7) is 7.33. The molecule has 0 saturated heterocycles. The highest BCUT2D eigenvalue weighted by atomic mass is 16.1. The lowest BCUT2D eigenvalue weighted by atomic mass is 9.46. The average molecular weight is 362 g/mol. The maximum Gasteiger partial charge on any atom is 0.178 e. The minimum atomic E-state index is 0.0873. The number of nitrogens with zero attached hydrogens (tertiary/aromatic N) is 1. The van der Waals surface area contributed by atoms with E-state index in [2.05, 4.69) is 50.2 Å². The van der Waals surface area contributed by atoms with Crippen LogP contribution < -0.4 is 0 Å². The molecule has 2 nitrogen and oxygen atoms in total. The molecule has 142 valence electrons. The molecule has 0 amide bonds. The fourth-order valence-corrected chi connectivity index (χ4v) is 7.74. The summed E-state index contributed by atoms with van der Waals surface area (Å²) in [5, 5.41) is 0. The van der Waals surface area contributed by atoms with Crippen molar-refractivity contribution in [3.8, 4) is 0 Å². The van der Waals surface area contributed by atoms with Crippen molar-refractivity contribution >= 4 is 5.78 Å². The van der Waals surface area contributed by atoms with Gasteiger partial charge in [-0.15, -0.1) is 0 Å². The molecular formula is C25H31NO. The summed E-state index contributed by atoms with van der Waals surface area (Å²) in [7, 11) is 0. The molecule has 27 heavy (non-hydrogen) atoms. The summed E-state index contributed by atoms with van der Waals surface area (Å²) in [6, 6.07) is 4.39. The Bertz CT molecular complexity index is 824. The number of rotatable bonds is 1. The van der Waals surface area contributed by atoms with Gasteiger partial charge in [0.1, 0.15) is 0 Å². The lowest BCUT2D eigenvalue weighted by Crippen LogP contribution is -2.51. The Balaban J connectivity index is 1.51. The van der Waals surface area contributed by atoms with Crippen molar-refractivity contribution in [3.05, 3.63) is 53.9 Å². The summed E-state index contributed by atoms with van der Waals surface area (Å²) in [6.07, 6.45) is 16.5. The fourth-order valence-electron chi connectivity index (χ4n) is 7.74. The highest BCUT2D eigenvalue weighted by Crippen LogP contribution is 2.68. The van der Waals surface area contributed by atoms with Crippen LogP contribution in [0.1, 0.15) is 64.4 Å². The lowest BCUT2D eigenvalue weighted by molar-refractivity contribution is -0.111. The van der Waals surface area contributed by atoms with Crippen LogP contribution in [0.25, 0.3) is 0 Å². The van der Waals surface area contributed by atoms with E-state index in [0.29, 0.717) is 23.2 Å². The maximum atomic E-state index is 12.0. The Morgan fingerprint density at radius 2 is 2.00 bits per heavy atom. The van der Waals surface area contributed by atoms with Crippen LogP contribution in [0.5, 0.6) is 0 Å². The van der Waals surface area contributed by atoms with Crippen LogP contribution in [0.3, 0.4) is 0 Å². The molecule has 7 atom stereocenters. The van der Waals surface area contributed by atoms with Crippen molar-refractivity contribution in [2.45, 2.75) is 58.8 Å². The molecule has 1 aromatic rings. The van der Waals surface area contributed by atoms with Crippen molar-refractivity contribution < 1.29 is 4.79 Å². The molecule has 5 rings (SSSR count). The van der Waals surface area contributed by atoms with Gasteiger partial charge in [-0.05, 0) is 90.9 Å². The number of allylic oxidation sites excluding steroid dienone is 4. The third-order valence-corrected chi connectivity index (χ3v) is 8.96. The first-order valence-corrected chi connectivity index (χ1v) is 10.8. The van der Waals surface area contributed by atoms with Crippen molar-refractivity contribution in [3.63, 3.8) is 0 Å². The second kappa shape index (κ2) is 5.90. The largest absolute Gasteiger partial charge is 0.290 e. The van der Waals surface area contributed by atoms with E-state index in [-0.39, 0.29) is 11.2 Å².